The van der Waals surface area contributed by atoms with Gasteiger partial charge in [0.2, 0.25) is 0 Å². The van der Waals surface area contributed by atoms with E-state index >= 15 is 0 Å². The van der Waals surface area contributed by atoms with E-state index in [1.165, 1.54) is 0 Å². The molecule has 124 valence electrons. The number of cyclic esters (lactones) is 2. The molecule has 0 aromatic heterocycles. The first-order chi connectivity index (χ1) is 11.0. The van der Waals surface area contributed by atoms with Crippen LogP contribution in [0.15, 0.2) is 49.6 Å². The summed E-state index contributed by atoms with van der Waals surface area (Å²) < 4.78 is 10.8. The number of hydrogen-bond donors (Lipinski definition) is 0. The molecule has 0 spiro atoms. The van der Waals surface area contributed by atoms with Crippen LogP contribution >= 0.6 is 0 Å². The Balaban J connectivity index is 2.27. The first-order valence-corrected chi connectivity index (χ1v) is 7.94. The van der Waals surface area contributed by atoms with Gasteiger partial charge < -0.3 is 9.47 Å². The topological polar surface area (TPSA) is 52.6 Å². The smallest absolute Gasteiger partial charge is 0.310 e. The largest absolute Gasteiger partial charge is 0.465 e. The molecule has 0 amide bonds. The standard InChI is InChI=1S/C19H24O4/c1-5-14-11-15(6-2)17-16(14)18(20)22-9-7-12(3)13(4)8-10-23-19(17)21/h5-6,14-17H,1-4,7-11H2/t14-,15+,16-,17+. The lowest BCUT2D eigenvalue weighted by Crippen LogP contribution is -2.34. The van der Waals surface area contributed by atoms with Crippen LogP contribution in [0.4, 0.5) is 0 Å². The van der Waals surface area contributed by atoms with E-state index in [-0.39, 0.29) is 37.0 Å². The van der Waals surface area contributed by atoms with Crippen LogP contribution in [0.25, 0.3) is 0 Å². The molecule has 1 saturated carbocycles. The summed E-state index contributed by atoms with van der Waals surface area (Å²) >= 11 is 0. The molecule has 1 aliphatic heterocycles. The molecule has 2 aliphatic rings. The van der Waals surface area contributed by atoms with Gasteiger partial charge in [0.15, 0.2) is 0 Å². The minimum absolute atomic E-state index is 0.107. The lowest BCUT2D eigenvalue weighted by Gasteiger charge is -2.23. The second-order valence-corrected chi connectivity index (χ2v) is 6.13. The first-order valence-electron chi connectivity index (χ1n) is 7.94. The van der Waals surface area contributed by atoms with Crippen molar-refractivity contribution in [2.75, 3.05) is 13.2 Å². The molecule has 1 heterocycles. The van der Waals surface area contributed by atoms with Crippen molar-refractivity contribution >= 4 is 11.9 Å². The molecular formula is C19H24O4. The predicted octanol–water partition coefficient (Wildman–Crippen LogP) is 3.22. The van der Waals surface area contributed by atoms with E-state index in [0.29, 0.717) is 19.3 Å². The Kier molecular flexibility index (Phi) is 5.59. The second kappa shape index (κ2) is 7.44. The summed E-state index contributed by atoms with van der Waals surface area (Å²) in [4.78, 5) is 25.0. The third-order valence-electron chi connectivity index (χ3n) is 4.80. The van der Waals surface area contributed by atoms with Crippen molar-refractivity contribution in [3.63, 3.8) is 0 Å². The van der Waals surface area contributed by atoms with Crippen molar-refractivity contribution in [1.82, 2.24) is 0 Å². The maximum atomic E-state index is 12.5. The molecule has 4 nitrogen and oxygen atoms in total. The normalized spacial score (nSPS) is 32.9. The number of ether oxygens (including phenoxy) is 2. The first kappa shape index (κ1) is 17.3. The molecule has 0 unspecified atom stereocenters. The van der Waals surface area contributed by atoms with Crippen molar-refractivity contribution in [2.45, 2.75) is 19.3 Å². The fraction of sp³-hybridized carbons (Fsp3) is 0.474. The SMILES string of the molecule is C=C[C@@H]1C[C@H](C=C)[C@@H]2C(=O)OCCC(=C)C(=C)CCOC(=O)[C@@H]21. The highest BCUT2D eigenvalue weighted by Crippen LogP contribution is 2.44. The minimum atomic E-state index is -0.557. The maximum absolute atomic E-state index is 12.5. The highest BCUT2D eigenvalue weighted by molar-refractivity contribution is 5.84. The van der Waals surface area contributed by atoms with Gasteiger partial charge in [0.25, 0.3) is 0 Å². The van der Waals surface area contributed by atoms with E-state index in [2.05, 4.69) is 26.3 Å². The van der Waals surface area contributed by atoms with E-state index in [1.807, 2.05) is 0 Å². The fourth-order valence-corrected chi connectivity index (χ4v) is 3.36. The third-order valence-corrected chi connectivity index (χ3v) is 4.80. The van der Waals surface area contributed by atoms with Gasteiger partial charge in [-0.1, -0.05) is 25.3 Å². The second-order valence-electron chi connectivity index (χ2n) is 6.13. The Hall–Kier alpha value is -2.10. The molecule has 0 bridgehead atoms. The predicted molar refractivity (Wildman–Crippen MR) is 88.4 cm³/mol. The van der Waals surface area contributed by atoms with Gasteiger partial charge in [-0.15, -0.1) is 13.2 Å². The molecule has 0 aromatic rings. The Morgan fingerprint density at radius 2 is 1.22 bits per heavy atom. The minimum Gasteiger partial charge on any atom is -0.465 e. The van der Waals surface area contributed by atoms with E-state index < -0.39 is 11.8 Å². The number of hydrogen-bond acceptors (Lipinski definition) is 4. The van der Waals surface area contributed by atoms with Crippen LogP contribution in [0.2, 0.25) is 0 Å². The monoisotopic (exact) mass is 316 g/mol. The Labute approximate surface area is 137 Å². The van der Waals surface area contributed by atoms with Crippen LogP contribution in [0.1, 0.15) is 19.3 Å². The molecule has 0 aromatic carbocycles. The summed E-state index contributed by atoms with van der Waals surface area (Å²) in [5.41, 5.74) is 1.64. The average molecular weight is 316 g/mol. The summed E-state index contributed by atoms with van der Waals surface area (Å²) in [5, 5.41) is 0. The molecule has 1 saturated heterocycles. The number of fused-ring (bicyclic) bond motifs is 1. The van der Waals surface area contributed by atoms with E-state index in [4.69, 9.17) is 9.47 Å². The highest BCUT2D eigenvalue weighted by atomic mass is 16.5. The third kappa shape index (κ3) is 3.63. The number of carbonyl (C=O) groups excluding carboxylic acids is 2. The number of allylic oxidation sites excluding steroid dienone is 2. The van der Waals surface area contributed by atoms with Crippen LogP contribution < -0.4 is 0 Å². The van der Waals surface area contributed by atoms with E-state index in [0.717, 1.165) is 11.1 Å². The summed E-state index contributed by atoms with van der Waals surface area (Å²) in [5.74, 6) is -2.08. The molecule has 23 heavy (non-hydrogen) atoms. The quantitative estimate of drug-likeness (QED) is 0.580. The summed E-state index contributed by atoms with van der Waals surface area (Å²) in [6, 6.07) is 0. The van der Waals surface area contributed by atoms with Crippen LogP contribution in [-0.2, 0) is 19.1 Å². The zero-order valence-corrected chi connectivity index (χ0v) is 13.5. The molecule has 0 radical (unpaired) electrons. The Morgan fingerprint density at radius 3 is 1.57 bits per heavy atom. The molecular weight excluding hydrogens is 292 g/mol. The highest BCUT2D eigenvalue weighted by Gasteiger charge is 2.50. The number of rotatable bonds is 2. The Bertz CT molecular complexity index is 498. The molecule has 0 N–H and O–H groups in total. The van der Waals surface area contributed by atoms with E-state index in [1.54, 1.807) is 12.2 Å². The lowest BCUT2D eigenvalue weighted by molar-refractivity contribution is -0.161. The van der Waals surface area contributed by atoms with Gasteiger partial charge in [-0.05, 0) is 29.4 Å². The van der Waals surface area contributed by atoms with Crippen LogP contribution in [0, 0.1) is 23.7 Å². The number of carbonyl (C=O) groups is 2. The van der Waals surface area contributed by atoms with Crippen LogP contribution in [-0.4, -0.2) is 25.2 Å². The van der Waals surface area contributed by atoms with Crippen LogP contribution in [0.5, 0.6) is 0 Å². The van der Waals surface area contributed by atoms with Gasteiger partial charge in [-0.25, -0.2) is 0 Å². The van der Waals surface area contributed by atoms with Gasteiger partial charge in [-0.2, -0.15) is 0 Å². The van der Waals surface area contributed by atoms with Gasteiger partial charge >= 0.3 is 11.9 Å². The number of esters is 2. The molecule has 4 atom stereocenters. The zero-order chi connectivity index (χ0) is 17.0. The zero-order valence-electron chi connectivity index (χ0n) is 13.5. The van der Waals surface area contributed by atoms with Gasteiger partial charge in [-0.3, -0.25) is 9.59 Å². The van der Waals surface area contributed by atoms with Crippen molar-refractivity contribution in [2.24, 2.45) is 23.7 Å². The van der Waals surface area contributed by atoms with Gasteiger partial charge in [0.1, 0.15) is 0 Å². The molecule has 1 aliphatic carbocycles. The molecule has 2 fully saturated rings. The lowest BCUT2D eigenvalue weighted by atomic mass is 9.86. The Morgan fingerprint density at radius 1 is 0.826 bits per heavy atom. The van der Waals surface area contributed by atoms with Crippen molar-refractivity contribution < 1.29 is 19.1 Å². The molecule has 2 rings (SSSR count). The average Bonchev–Trinajstić information content (AvgIpc) is 2.92. The summed E-state index contributed by atoms with van der Waals surface area (Å²) in [6.07, 6.45) is 5.19. The van der Waals surface area contributed by atoms with Gasteiger partial charge in [0, 0.05) is 12.8 Å². The van der Waals surface area contributed by atoms with E-state index in [9.17, 15) is 9.59 Å². The molecule has 4 heteroatoms. The van der Waals surface area contributed by atoms with Crippen LogP contribution in [0.3, 0.4) is 0 Å². The summed E-state index contributed by atoms with van der Waals surface area (Å²) in [6.45, 7) is 15.9. The maximum Gasteiger partial charge on any atom is 0.310 e. The van der Waals surface area contributed by atoms with Crippen molar-refractivity contribution in [1.29, 1.82) is 0 Å². The van der Waals surface area contributed by atoms with Crippen molar-refractivity contribution in [3.8, 4) is 0 Å². The van der Waals surface area contributed by atoms with Gasteiger partial charge in [0.05, 0.1) is 25.0 Å². The fourth-order valence-electron chi connectivity index (χ4n) is 3.36. The van der Waals surface area contributed by atoms with Crippen molar-refractivity contribution in [3.05, 3.63) is 49.6 Å². The summed E-state index contributed by atoms with van der Waals surface area (Å²) in [7, 11) is 0.